The van der Waals surface area contributed by atoms with Gasteiger partial charge in [-0.3, -0.25) is 4.98 Å². The second kappa shape index (κ2) is 3.78. The molecule has 2 heterocycles. The largest absolute Gasteiger partial charge is 0.351 e. The van der Waals surface area contributed by atoms with Crippen LogP contribution in [0.25, 0.3) is 0 Å². The number of anilines is 1. The number of hydrogen-bond acceptors (Lipinski definition) is 3. The van der Waals surface area contributed by atoms with E-state index in [9.17, 15) is 0 Å². The summed E-state index contributed by atoms with van der Waals surface area (Å²) in [6, 6.07) is 0. The monoisotopic (exact) mass is 189 g/mol. The van der Waals surface area contributed by atoms with Gasteiger partial charge in [0.15, 0.2) is 0 Å². The summed E-state index contributed by atoms with van der Waals surface area (Å²) in [6.45, 7) is 8.03. The summed E-state index contributed by atoms with van der Waals surface area (Å²) in [4.78, 5) is 10.9. The van der Waals surface area contributed by atoms with Crippen molar-refractivity contribution in [2.24, 2.45) is 0 Å². The van der Waals surface area contributed by atoms with Crippen LogP contribution in [0, 0.1) is 6.92 Å². The summed E-state index contributed by atoms with van der Waals surface area (Å²) < 4.78 is 0. The minimum Gasteiger partial charge on any atom is -0.351 e. The van der Waals surface area contributed by atoms with Gasteiger partial charge < -0.3 is 4.90 Å². The van der Waals surface area contributed by atoms with Crippen molar-refractivity contribution < 1.29 is 0 Å². The molecule has 1 saturated heterocycles. The zero-order chi connectivity index (χ0) is 9.97. The van der Waals surface area contributed by atoms with Crippen molar-refractivity contribution in [3.63, 3.8) is 0 Å². The van der Waals surface area contributed by atoms with Crippen LogP contribution in [0.15, 0.2) is 24.5 Å². The fraction of sp³-hybridized carbons (Fsp3) is 0.455. The standard InChI is InChI=1S/C11H15N3/c1-9-4-3-7-14(8-9)11-10(2)12-5-6-13-11/h5-6H,1,3-4,7-8H2,2H3. The molecule has 1 aromatic rings. The molecule has 3 heteroatoms. The molecule has 0 aliphatic carbocycles. The molecule has 14 heavy (non-hydrogen) atoms. The molecule has 3 nitrogen and oxygen atoms in total. The molecular formula is C11H15N3. The molecule has 0 aromatic carbocycles. The third kappa shape index (κ3) is 1.76. The summed E-state index contributed by atoms with van der Waals surface area (Å²) in [6.07, 6.45) is 5.81. The normalized spacial score (nSPS) is 17.2. The molecule has 0 bridgehead atoms. The Balaban J connectivity index is 2.22. The predicted molar refractivity (Wildman–Crippen MR) is 57.4 cm³/mol. The smallest absolute Gasteiger partial charge is 0.150 e. The van der Waals surface area contributed by atoms with Gasteiger partial charge in [-0.25, -0.2) is 4.98 Å². The Hall–Kier alpha value is -1.38. The maximum Gasteiger partial charge on any atom is 0.150 e. The van der Waals surface area contributed by atoms with E-state index < -0.39 is 0 Å². The van der Waals surface area contributed by atoms with Gasteiger partial charge in [0.05, 0.1) is 5.69 Å². The minimum absolute atomic E-state index is 0.930. The van der Waals surface area contributed by atoms with E-state index in [2.05, 4.69) is 21.4 Å². The molecule has 0 saturated carbocycles. The van der Waals surface area contributed by atoms with Crippen LogP contribution in [0.1, 0.15) is 18.5 Å². The molecule has 0 atom stereocenters. The highest BCUT2D eigenvalue weighted by Gasteiger charge is 2.16. The van der Waals surface area contributed by atoms with Gasteiger partial charge in [-0.15, -0.1) is 0 Å². The van der Waals surface area contributed by atoms with Gasteiger partial charge in [-0.05, 0) is 19.8 Å². The summed E-state index contributed by atoms with van der Waals surface area (Å²) in [7, 11) is 0. The van der Waals surface area contributed by atoms with E-state index in [0.717, 1.165) is 31.0 Å². The molecule has 2 rings (SSSR count). The number of piperidine rings is 1. The lowest BCUT2D eigenvalue weighted by Gasteiger charge is -2.29. The summed E-state index contributed by atoms with van der Waals surface area (Å²) in [5.74, 6) is 1.01. The first-order valence-electron chi connectivity index (χ1n) is 4.96. The summed E-state index contributed by atoms with van der Waals surface area (Å²) >= 11 is 0. The van der Waals surface area contributed by atoms with Gasteiger partial charge in [0, 0.05) is 25.5 Å². The number of aromatic nitrogens is 2. The van der Waals surface area contributed by atoms with Crippen LogP contribution in [-0.4, -0.2) is 23.1 Å². The topological polar surface area (TPSA) is 29.0 Å². The SMILES string of the molecule is C=C1CCCN(c2nccnc2C)C1. The van der Waals surface area contributed by atoms with Gasteiger partial charge in [0.25, 0.3) is 0 Å². The van der Waals surface area contributed by atoms with Crippen molar-refractivity contribution in [1.82, 2.24) is 9.97 Å². The molecule has 0 unspecified atom stereocenters. The maximum absolute atomic E-state index is 4.36. The van der Waals surface area contributed by atoms with E-state index in [4.69, 9.17) is 0 Å². The van der Waals surface area contributed by atoms with Gasteiger partial charge in [-0.2, -0.15) is 0 Å². The second-order valence-corrected chi connectivity index (χ2v) is 3.74. The lowest BCUT2D eigenvalue weighted by Crippen LogP contribution is -2.32. The lowest BCUT2D eigenvalue weighted by molar-refractivity contribution is 0.669. The summed E-state index contributed by atoms with van der Waals surface area (Å²) in [5, 5.41) is 0. The zero-order valence-electron chi connectivity index (χ0n) is 8.53. The van der Waals surface area contributed by atoms with Crippen LogP contribution >= 0.6 is 0 Å². The quantitative estimate of drug-likeness (QED) is 0.632. The molecule has 1 aliphatic rings. The Morgan fingerprint density at radius 3 is 2.86 bits per heavy atom. The number of rotatable bonds is 1. The predicted octanol–water partition coefficient (Wildman–Crippen LogP) is 1.94. The molecule has 1 fully saturated rings. The van der Waals surface area contributed by atoms with Crippen LogP contribution in [0.4, 0.5) is 5.82 Å². The van der Waals surface area contributed by atoms with Crippen molar-refractivity contribution in [1.29, 1.82) is 0 Å². The van der Waals surface area contributed by atoms with E-state index in [0.29, 0.717) is 0 Å². The van der Waals surface area contributed by atoms with Crippen LogP contribution in [0.2, 0.25) is 0 Å². The highest BCUT2D eigenvalue weighted by atomic mass is 15.2. The number of hydrogen-bond donors (Lipinski definition) is 0. The van der Waals surface area contributed by atoms with Gasteiger partial charge >= 0.3 is 0 Å². The highest BCUT2D eigenvalue weighted by molar-refractivity contribution is 5.44. The highest BCUT2D eigenvalue weighted by Crippen LogP contribution is 2.21. The van der Waals surface area contributed by atoms with Crippen molar-refractivity contribution in [2.45, 2.75) is 19.8 Å². The average molecular weight is 189 g/mol. The van der Waals surface area contributed by atoms with Crippen LogP contribution in [-0.2, 0) is 0 Å². The van der Waals surface area contributed by atoms with Gasteiger partial charge in [0.1, 0.15) is 5.82 Å². The molecule has 1 aliphatic heterocycles. The van der Waals surface area contributed by atoms with Crippen molar-refractivity contribution in [3.8, 4) is 0 Å². The van der Waals surface area contributed by atoms with Gasteiger partial charge in [0.2, 0.25) is 0 Å². The molecule has 0 amide bonds. The van der Waals surface area contributed by atoms with Crippen LogP contribution in [0.3, 0.4) is 0 Å². The van der Waals surface area contributed by atoms with E-state index >= 15 is 0 Å². The van der Waals surface area contributed by atoms with Crippen molar-refractivity contribution in [3.05, 3.63) is 30.2 Å². The molecule has 0 spiro atoms. The first-order valence-corrected chi connectivity index (χ1v) is 4.96. The Morgan fingerprint density at radius 2 is 2.14 bits per heavy atom. The fourth-order valence-corrected chi connectivity index (χ4v) is 1.84. The molecule has 0 N–H and O–H groups in total. The Morgan fingerprint density at radius 1 is 1.36 bits per heavy atom. The molecule has 1 aromatic heterocycles. The maximum atomic E-state index is 4.36. The van der Waals surface area contributed by atoms with E-state index in [1.54, 1.807) is 12.4 Å². The third-order valence-corrected chi connectivity index (χ3v) is 2.53. The van der Waals surface area contributed by atoms with Crippen LogP contribution < -0.4 is 4.90 Å². The van der Waals surface area contributed by atoms with E-state index in [1.807, 2.05) is 6.92 Å². The Kier molecular flexibility index (Phi) is 2.48. The fourth-order valence-electron chi connectivity index (χ4n) is 1.84. The lowest BCUT2D eigenvalue weighted by atomic mass is 10.1. The number of nitrogens with zero attached hydrogens (tertiary/aromatic N) is 3. The zero-order valence-corrected chi connectivity index (χ0v) is 8.53. The van der Waals surface area contributed by atoms with E-state index in [-0.39, 0.29) is 0 Å². The first kappa shape index (κ1) is 9.19. The molecule has 0 radical (unpaired) electrons. The van der Waals surface area contributed by atoms with Crippen molar-refractivity contribution >= 4 is 5.82 Å². The first-order chi connectivity index (χ1) is 6.77. The molecule has 74 valence electrons. The third-order valence-electron chi connectivity index (χ3n) is 2.53. The van der Waals surface area contributed by atoms with Gasteiger partial charge in [-0.1, -0.05) is 12.2 Å². The Bertz CT molecular complexity index is 346. The average Bonchev–Trinajstić information content (AvgIpc) is 2.18. The molecular weight excluding hydrogens is 174 g/mol. The van der Waals surface area contributed by atoms with E-state index in [1.165, 1.54) is 12.0 Å². The number of aryl methyl sites for hydroxylation is 1. The minimum atomic E-state index is 0.930. The van der Waals surface area contributed by atoms with Crippen LogP contribution in [0.5, 0.6) is 0 Å². The second-order valence-electron chi connectivity index (χ2n) is 3.74. The summed E-state index contributed by atoms with van der Waals surface area (Å²) in [5.41, 5.74) is 2.29. The van der Waals surface area contributed by atoms with Crippen molar-refractivity contribution in [2.75, 3.05) is 18.0 Å². The Labute approximate surface area is 84.5 Å².